The molecule has 0 bridgehead atoms. The number of fused-ring (bicyclic) bond motifs is 1. The lowest BCUT2D eigenvalue weighted by molar-refractivity contribution is -0.138. The molecule has 0 radical (unpaired) electrons. The normalized spacial score (nSPS) is 13.9. The van der Waals surface area contributed by atoms with Crippen molar-refractivity contribution in [2.75, 3.05) is 38.5 Å². The monoisotopic (exact) mass is 554 g/mol. The van der Waals surface area contributed by atoms with E-state index in [-0.39, 0.29) is 29.1 Å². The van der Waals surface area contributed by atoms with E-state index in [4.69, 9.17) is 9.47 Å². The van der Waals surface area contributed by atoms with Gasteiger partial charge in [0.2, 0.25) is 0 Å². The van der Waals surface area contributed by atoms with Crippen LogP contribution in [0.2, 0.25) is 0 Å². The number of hydrogen-bond donors (Lipinski definition) is 2. The number of methoxy groups -OCH3 is 3. The second kappa shape index (κ2) is 11.6. The molecule has 9 nitrogen and oxygen atoms in total. The molecule has 1 aliphatic rings. The molecule has 0 spiro atoms. The molecule has 198 valence electrons. The summed E-state index contributed by atoms with van der Waals surface area (Å²) in [6.45, 7) is 0.0517. The molecule has 1 amide bonds. The molecule has 0 fully saturated rings. The van der Waals surface area contributed by atoms with Crippen LogP contribution in [-0.4, -0.2) is 48.2 Å². The Morgan fingerprint density at radius 3 is 2.32 bits per heavy atom. The molecule has 2 N–H and O–H groups in total. The maximum absolute atomic E-state index is 13.3. The molecular formula is C27H26N2O7S2. The molecule has 4 rings (SSSR count). The van der Waals surface area contributed by atoms with Crippen molar-refractivity contribution in [3.05, 3.63) is 76.7 Å². The second-order valence-corrected chi connectivity index (χ2v) is 11.2. The summed E-state index contributed by atoms with van der Waals surface area (Å²) in [6, 6.07) is 17.0. The second-order valence-electron chi connectivity index (χ2n) is 8.17. The van der Waals surface area contributed by atoms with Gasteiger partial charge in [-0.05, 0) is 54.1 Å². The van der Waals surface area contributed by atoms with Crippen molar-refractivity contribution in [3.8, 4) is 11.5 Å². The number of esters is 1. The van der Waals surface area contributed by atoms with E-state index in [0.717, 1.165) is 16.1 Å². The molecule has 38 heavy (non-hydrogen) atoms. The quantitative estimate of drug-likeness (QED) is 0.294. The minimum Gasteiger partial charge on any atom is -0.496 e. The van der Waals surface area contributed by atoms with Crippen LogP contribution in [0.25, 0.3) is 6.08 Å². The Balaban J connectivity index is 1.52. The highest BCUT2D eigenvalue weighted by Gasteiger charge is 2.26. The number of ether oxygens (including phenoxy) is 3. The SMILES string of the molecule is COC(=O)CNc1ccc(/C=C2/Sc3ccc(S(=O)(=O)Cc4c(OC)cccc4OC)cc3NC2=O)cc1. The smallest absolute Gasteiger partial charge is 0.325 e. The van der Waals surface area contributed by atoms with Gasteiger partial charge < -0.3 is 24.8 Å². The molecule has 0 saturated carbocycles. The summed E-state index contributed by atoms with van der Waals surface area (Å²) in [5, 5.41) is 5.75. The van der Waals surface area contributed by atoms with Crippen LogP contribution >= 0.6 is 11.8 Å². The molecule has 0 aromatic heterocycles. The summed E-state index contributed by atoms with van der Waals surface area (Å²) in [6.07, 6.45) is 1.74. The maximum Gasteiger partial charge on any atom is 0.325 e. The summed E-state index contributed by atoms with van der Waals surface area (Å²) in [5.41, 5.74) is 2.38. The fraction of sp³-hybridized carbons (Fsp3) is 0.185. The van der Waals surface area contributed by atoms with E-state index >= 15 is 0 Å². The minimum atomic E-state index is -3.78. The highest BCUT2D eigenvalue weighted by molar-refractivity contribution is 8.04. The molecular weight excluding hydrogens is 528 g/mol. The van der Waals surface area contributed by atoms with Gasteiger partial charge in [-0.15, -0.1) is 0 Å². The van der Waals surface area contributed by atoms with Crippen LogP contribution in [-0.2, 0) is 29.9 Å². The Bertz CT molecular complexity index is 1480. The van der Waals surface area contributed by atoms with Crippen LogP contribution < -0.4 is 20.1 Å². The summed E-state index contributed by atoms with van der Waals surface area (Å²) in [7, 11) is 0.486. The number of carbonyl (C=O) groups excluding carboxylic acids is 2. The van der Waals surface area contributed by atoms with Gasteiger partial charge in [-0.2, -0.15) is 0 Å². The zero-order chi connectivity index (χ0) is 27.3. The molecule has 0 atom stereocenters. The van der Waals surface area contributed by atoms with Crippen LogP contribution in [0.5, 0.6) is 11.5 Å². The van der Waals surface area contributed by atoms with Crippen LogP contribution in [0.1, 0.15) is 11.1 Å². The van der Waals surface area contributed by atoms with Gasteiger partial charge in [-0.3, -0.25) is 9.59 Å². The summed E-state index contributed by atoms with van der Waals surface area (Å²) >= 11 is 1.25. The zero-order valence-electron chi connectivity index (χ0n) is 20.9. The van der Waals surface area contributed by atoms with Gasteiger partial charge in [0.05, 0.1) is 48.1 Å². The number of hydrogen-bond acceptors (Lipinski definition) is 9. The fourth-order valence-corrected chi connectivity index (χ4v) is 6.11. The van der Waals surface area contributed by atoms with Gasteiger partial charge in [0.15, 0.2) is 9.84 Å². The van der Waals surface area contributed by atoms with Crippen LogP contribution in [0, 0.1) is 0 Å². The van der Waals surface area contributed by atoms with E-state index in [1.807, 2.05) is 12.1 Å². The van der Waals surface area contributed by atoms with E-state index in [1.54, 1.807) is 42.5 Å². The standard InChI is InChI=1S/C27H26N2O7S2/c1-34-22-5-4-6-23(35-2)20(22)16-38(32,33)19-11-12-24-21(14-19)29-27(31)25(37-24)13-17-7-9-18(10-8-17)28-15-26(30)36-3/h4-14,28H,15-16H2,1-3H3,(H,29,31)/b25-13+. The van der Waals surface area contributed by atoms with Gasteiger partial charge in [0.25, 0.3) is 5.91 Å². The molecule has 0 aliphatic carbocycles. The lowest BCUT2D eigenvalue weighted by Gasteiger charge is -2.20. The first-order valence-corrected chi connectivity index (χ1v) is 13.9. The minimum absolute atomic E-state index is 0.0517. The van der Waals surface area contributed by atoms with Crippen molar-refractivity contribution in [1.82, 2.24) is 0 Å². The Hall–Kier alpha value is -3.96. The molecule has 3 aromatic rings. The third-order valence-electron chi connectivity index (χ3n) is 5.74. The summed E-state index contributed by atoms with van der Waals surface area (Å²) in [4.78, 5) is 25.3. The lowest BCUT2D eigenvalue weighted by atomic mass is 10.2. The Morgan fingerprint density at radius 2 is 1.68 bits per heavy atom. The average molecular weight is 555 g/mol. The molecule has 3 aromatic carbocycles. The number of anilines is 2. The van der Waals surface area contributed by atoms with Gasteiger partial charge in [-0.25, -0.2) is 8.42 Å². The first-order chi connectivity index (χ1) is 18.2. The van der Waals surface area contributed by atoms with Gasteiger partial charge in [-0.1, -0.05) is 30.0 Å². The van der Waals surface area contributed by atoms with Crippen molar-refractivity contribution in [2.45, 2.75) is 15.5 Å². The largest absolute Gasteiger partial charge is 0.496 e. The number of rotatable bonds is 9. The maximum atomic E-state index is 13.3. The number of nitrogens with one attached hydrogen (secondary N) is 2. The van der Waals surface area contributed by atoms with Crippen molar-refractivity contribution in [1.29, 1.82) is 0 Å². The van der Waals surface area contributed by atoms with Gasteiger partial charge >= 0.3 is 5.97 Å². The van der Waals surface area contributed by atoms with Crippen molar-refractivity contribution in [3.63, 3.8) is 0 Å². The molecule has 1 aliphatic heterocycles. The van der Waals surface area contributed by atoms with Gasteiger partial charge in [0, 0.05) is 10.6 Å². The topological polar surface area (TPSA) is 120 Å². The number of sulfone groups is 1. The van der Waals surface area contributed by atoms with Crippen molar-refractivity contribution >= 4 is 50.9 Å². The van der Waals surface area contributed by atoms with Crippen molar-refractivity contribution < 1.29 is 32.2 Å². The Morgan fingerprint density at radius 1 is 1.00 bits per heavy atom. The Labute approximate surface area is 225 Å². The summed E-state index contributed by atoms with van der Waals surface area (Å²) < 4.78 is 41.8. The third kappa shape index (κ3) is 6.12. The summed E-state index contributed by atoms with van der Waals surface area (Å²) in [5.74, 6) is -0.207. The first kappa shape index (κ1) is 27.1. The highest BCUT2D eigenvalue weighted by atomic mass is 32.2. The third-order valence-corrected chi connectivity index (χ3v) is 8.48. The molecule has 0 saturated heterocycles. The average Bonchev–Trinajstić information content (AvgIpc) is 2.92. The number of benzene rings is 3. The predicted octanol–water partition coefficient (Wildman–Crippen LogP) is 4.35. The van der Waals surface area contributed by atoms with Crippen LogP contribution in [0.4, 0.5) is 11.4 Å². The highest BCUT2D eigenvalue weighted by Crippen LogP contribution is 2.41. The van der Waals surface area contributed by atoms with Crippen LogP contribution in [0.3, 0.4) is 0 Å². The zero-order valence-corrected chi connectivity index (χ0v) is 22.6. The number of thioether (sulfide) groups is 1. The van der Waals surface area contributed by atoms with Crippen molar-refractivity contribution in [2.24, 2.45) is 0 Å². The fourth-order valence-electron chi connectivity index (χ4n) is 3.77. The molecule has 0 unspecified atom stereocenters. The van der Waals surface area contributed by atoms with E-state index in [1.165, 1.54) is 45.2 Å². The predicted molar refractivity (Wildman–Crippen MR) is 146 cm³/mol. The van der Waals surface area contributed by atoms with Crippen LogP contribution in [0.15, 0.2) is 75.4 Å². The lowest BCUT2D eigenvalue weighted by Crippen LogP contribution is -2.18. The van der Waals surface area contributed by atoms with E-state index < -0.39 is 9.84 Å². The van der Waals surface area contributed by atoms with E-state index in [2.05, 4.69) is 15.4 Å². The number of carbonyl (C=O) groups is 2. The Kier molecular flexibility index (Phi) is 8.28. The van der Waals surface area contributed by atoms with Gasteiger partial charge in [0.1, 0.15) is 18.0 Å². The van der Waals surface area contributed by atoms with E-state index in [0.29, 0.717) is 27.7 Å². The molecule has 1 heterocycles. The number of amides is 1. The molecule has 11 heteroatoms. The first-order valence-electron chi connectivity index (χ1n) is 11.4. The van der Waals surface area contributed by atoms with E-state index in [9.17, 15) is 18.0 Å².